The van der Waals surface area contributed by atoms with Gasteiger partial charge in [-0.3, -0.25) is 0 Å². The summed E-state index contributed by atoms with van der Waals surface area (Å²) in [5.41, 5.74) is 0. The van der Waals surface area contributed by atoms with Gasteiger partial charge >= 0.3 is 0 Å². The van der Waals surface area contributed by atoms with E-state index in [4.69, 9.17) is 0 Å². The predicted molar refractivity (Wildman–Crippen MR) is 81.4 cm³/mol. The summed E-state index contributed by atoms with van der Waals surface area (Å²) in [6, 6.07) is 1.91. The Bertz CT molecular complexity index is 277. The molecule has 1 saturated heterocycles. The Kier molecular flexibility index (Phi) is 4.51. The molecule has 3 rings (SSSR count). The number of quaternary nitrogens is 1. The minimum atomic E-state index is 0.924. The molecule has 0 aromatic rings. The summed E-state index contributed by atoms with van der Waals surface area (Å²) < 4.78 is 0. The highest BCUT2D eigenvalue weighted by atomic mass is 15.2. The number of rotatable bonds is 2. The highest BCUT2D eigenvalue weighted by molar-refractivity contribution is 4.85. The van der Waals surface area contributed by atoms with E-state index < -0.39 is 0 Å². The molecule has 2 saturated carbocycles. The Hall–Kier alpha value is -0.0400. The molecule has 0 bridgehead atoms. The monoisotopic (exact) mass is 264 g/mol. The van der Waals surface area contributed by atoms with Gasteiger partial charge in [0.2, 0.25) is 0 Å². The van der Waals surface area contributed by atoms with Crippen LogP contribution in [0.1, 0.15) is 77.6 Å². The van der Waals surface area contributed by atoms with Gasteiger partial charge in [-0.1, -0.05) is 44.9 Å². The number of hydrogen-bond donors (Lipinski definition) is 1. The van der Waals surface area contributed by atoms with Crippen molar-refractivity contribution in [2.24, 2.45) is 17.8 Å². The summed E-state index contributed by atoms with van der Waals surface area (Å²) in [5, 5.41) is 0. The molecule has 1 nitrogen and oxygen atoms in total. The summed E-state index contributed by atoms with van der Waals surface area (Å²) in [6.07, 6.45) is 16.8. The van der Waals surface area contributed by atoms with Crippen molar-refractivity contribution in [3.63, 3.8) is 0 Å². The molecule has 0 amide bonds. The fourth-order valence-corrected chi connectivity index (χ4v) is 5.56. The molecule has 5 atom stereocenters. The van der Waals surface area contributed by atoms with Crippen molar-refractivity contribution in [2.45, 2.75) is 89.6 Å². The maximum Gasteiger partial charge on any atom is 0.0880 e. The molecule has 0 aromatic carbocycles. The Morgan fingerprint density at radius 1 is 0.895 bits per heavy atom. The molecule has 2 aliphatic carbocycles. The van der Waals surface area contributed by atoms with E-state index in [1.807, 2.05) is 4.90 Å². The number of piperidine rings is 1. The van der Waals surface area contributed by atoms with Crippen molar-refractivity contribution in [1.29, 1.82) is 0 Å². The first-order chi connectivity index (χ1) is 9.25. The lowest BCUT2D eigenvalue weighted by Crippen LogP contribution is -3.18. The molecule has 0 spiro atoms. The van der Waals surface area contributed by atoms with E-state index in [9.17, 15) is 0 Å². The molecule has 0 radical (unpaired) electrons. The molecule has 1 N–H and O–H groups in total. The minimum Gasteiger partial charge on any atom is -0.332 e. The van der Waals surface area contributed by atoms with Crippen LogP contribution in [0.2, 0.25) is 0 Å². The second-order valence-corrected chi connectivity index (χ2v) is 7.91. The van der Waals surface area contributed by atoms with Gasteiger partial charge in [0.1, 0.15) is 0 Å². The van der Waals surface area contributed by atoms with E-state index in [1.54, 1.807) is 19.3 Å². The van der Waals surface area contributed by atoms with Crippen LogP contribution in [0.3, 0.4) is 0 Å². The maximum absolute atomic E-state index is 2.55. The number of fused-ring (bicyclic) bond motifs is 1. The highest BCUT2D eigenvalue weighted by Gasteiger charge is 2.43. The van der Waals surface area contributed by atoms with E-state index in [0.717, 1.165) is 29.8 Å². The number of nitrogens with one attached hydrogen (secondary N) is 1. The zero-order valence-electron chi connectivity index (χ0n) is 13.2. The van der Waals surface area contributed by atoms with Gasteiger partial charge < -0.3 is 4.90 Å². The van der Waals surface area contributed by atoms with Gasteiger partial charge in [-0.15, -0.1) is 0 Å². The third-order valence-electron chi connectivity index (χ3n) is 6.90. The lowest BCUT2D eigenvalue weighted by atomic mass is 9.68. The first-order valence-corrected chi connectivity index (χ1v) is 9.09. The van der Waals surface area contributed by atoms with E-state index in [-0.39, 0.29) is 0 Å². The number of likely N-dealkylation sites (tertiary alicyclic amines) is 1. The Morgan fingerprint density at radius 3 is 2.37 bits per heavy atom. The van der Waals surface area contributed by atoms with Gasteiger partial charge in [-0.25, -0.2) is 0 Å². The topological polar surface area (TPSA) is 4.44 Å². The van der Waals surface area contributed by atoms with Crippen LogP contribution in [0.4, 0.5) is 0 Å². The first-order valence-electron chi connectivity index (χ1n) is 9.09. The van der Waals surface area contributed by atoms with Gasteiger partial charge in [0.05, 0.1) is 19.1 Å². The average Bonchev–Trinajstić information content (AvgIpc) is 2.46. The molecule has 1 heterocycles. The lowest BCUT2D eigenvalue weighted by molar-refractivity contribution is -0.941. The Labute approximate surface area is 120 Å². The van der Waals surface area contributed by atoms with Crippen LogP contribution >= 0.6 is 0 Å². The smallest absolute Gasteiger partial charge is 0.0880 e. The van der Waals surface area contributed by atoms with Crippen molar-refractivity contribution in [3.8, 4) is 0 Å². The van der Waals surface area contributed by atoms with Gasteiger partial charge in [0.15, 0.2) is 0 Å². The molecule has 1 aliphatic heterocycles. The molecule has 5 unspecified atom stereocenters. The Morgan fingerprint density at radius 2 is 1.58 bits per heavy atom. The van der Waals surface area contributed by atoms with E-state index in [2.05, 4.69) is 14.0 Å². The van der Waals surface area contributed by atoms with Crippen LogP contribution in [-0.4, -0.2) is 19.1 Å². The van der Waals surface area contributed by atoms with Crippen LogP contribution in [0.25, 0.3) is 0 Å². The maximum atomic E-state index is 2.55. The molecule has 110 valence electrons. The lowest BCUT2D eigenvalue weighted by Gasteiger charge is -2.47. The van der Waals surface area contributed by atoms with Crippen molar-refractivity contribution < 1.29 is 4.90 Å². The van der Waals surface area contributed by atoms with Gasteiger partial charge in [-0.05, 0) is 31.6 Å². The van der Waals surface area contributed by atoms with E-state index in [0.29, 0.717) is 0 Å². The second kappa shape index (κ2) is 6.16. The molecule has 19 heavy (non-hydrogen) atoms. The molecule has 0 aromatic heterocycles. The molecule has 3 fully saturated rings. The van der Waals surface area contributed by atoms with Crippen molar-refractivity contribution in [2.75, 3.05) is 7.05 Å². The zero-order chi connectivity index (χ0) is 13.2. The standard InChI is InChI=1S/C18H33N/c1-14-18-11-7-6-10-16(18)13-17(19(14)2)12-15-8-4-3-5-9-15/h14-18H,3-13H2,1-2H3/p+1. The van der Waals surface area contributed by atoms with Gasteiger partial charge in [0.25, 0.3) is 0 Å². The van der Waals surface area contributed by atoms with Crippen molar-refractivity contribution in [3.05, 3.63) is 0 Å². The SMILES string of the molecule is CC1C2CCCCC2CC(CC2CCCCC2)[NH+]1C. The molecule has 3 aliphatic rings. The van der Waals surface area contributed by atoms with Crippen LogP contribution in [0.15, 0.2) is 0 Å². The molecular formula is C18H34N+. The third-order valence-corrected chi connectivity index (χ3v) is 6.90. The van der Waals surface area contributed by atoms with Crippen LogP contribution in [-0.2, 0) is 0 Å². The van der Waals surface area contributed by atoms with Crippen LogP contribution in [0, 0.1) is 17.8 Å². The van der Waals surface area contributed by atoms with Crippen LogP contribution < -0.4 is 4.90 Å². The normalized spacial score (nSPS) is 44.8. The summed E-state index contributed by atoms with van der Waals surface area (Å²) in [4.78, 5) is 1.88. The third kappa shape index (κ3) is 3.01. The molecule has 1 heteroatoms. The summed E-state index contributed by atoms with van der Waals surface area (Å²) in [6.45, 7) is 2.55. The van der Waals surface area contributed by atoms with Crippen LogP contribution in [0.5, 0.6) is 0 Å². The second-order valence-electron chi connectivity index (χ2n) is 7.91. The summed E-state index contributed by atoms with van der Waals surface area (Å²) in [5.74, 6) is 3.21. The quantitative estimate of drug-likeness (QED) is 0.779. The minimum absolute atomic E-state index is 0.924. The average molecular weight is 264 g/mol. The largest absolute Gasteiger partial charge is 0.332 e. The Balaban J connectivity index is 1.61. The number of hydrogen-bond acceptors (Lipinski definition) is 0. The zero-order valence-corrected chi connectivity index (χ0v) is 13.2. The predicted octanol–water partition coefficient (Wildman–Crippen LogP) is 3.44. The highest BCUT2D eigenvalue weighted by Crippen LogP contribution is 2.38. The first kappa shape index (κ1) is 13.9. The van der Waals surface area contributed by atoms with Gasteiger partial charge in [-0.2, -0.15) is 0 Å². The molecular weight excluding hydrogens is 230 g/mol. The summed E-state index contributed by atoms with van der Waals surface area (Å²) >= 11 is 0. The van der Waals surface area contributed by atoms with E-state index in [1.165, 1.54) is 51.4 Å². The fraction of sp³-hybridized carbons (Fsp3) is 1.00. The van der Waals surface area contributed by atoms with E-state index >= 15 is 0 Å². The van der Waals surface area contributed by atoms with Crippen molar-refractivity contribution in [1.82, 2.24) is 0 Å². The van der Waals surface area contributed by atoms with Gasteiger partial charge in [0, 0.05) is 18.8 Å². The van der Waals surface area contributed by atoms with Crippen molar-refractivity contribution >= 4 is 0 Å². The fourth-order valence-electron chi connectivity index (χ4n) is 5.56. The summed E-state index contributed by atoms with van der Waals surface area (Å²) in [7, 11) is 2.50.